The van der Waals surface area contributed by atoms with Crippen LogP contribution >= 0.6 is 0 Å². The molecule has 1 aromatic rings. The Morgan fingerprint density at radius 1 is 1.18 bits per heavy atom. The third-order valence-electron chi connectivity index (χ3n) is 3.08. The summed E-state index contributed by atoms with van der Waals surface area (Å²) in [5.41, 5.74) is 3.26. The molecule has 1 aliphatic rings. The summed E-state index contributed by atoms with van der Waals surface area (Å²) in [4.78, 5) is 22.4. The third-order valence-corrected chi connectivity index (χ3v) is 3.08. The molecule has 0 saturated carbocycles. The van der Waals surface area contributed by atoms with Crippen molar-refractivity contribution in [1.29, 1.82) is 0 Å². The molecule has 2 rings (SSSR count). The van der Waals surface area contributed by atoms with E-state index in [9.17, 15) is 9.59 Å². The Hall–Kier alpha value is -1.64. The number of aryl methyl sites for hydroxylation is 2. The van der Waals surface area contributed by atoms with Crippen LogP contribution in [0.25, 0.3) is 0 Å². The van der Waals surface area contributed by atoms with Crippen LogP contribution in [-0.4, -0.2) is 18.4 Å². The molecule has 0 saturated heterocycles. The Kier molecular flexibility index (Phi) is 3.57. The number of hydrogen-bond acceptors (Lipinski definition) is 3. The highest BCUT2D eigenvalue weighted by Gasteiger charge is 2.13. The van der Waals surface area contributed by atoms with E-state index in [4.69, 9.17) is 4.74 Å². The molecule has 0 N–H and O–H groups in total. The zero-order chi connectivity index (χ0) is 12.3. The molecule has 3 heteroatoms. The van der Waals surface area contributed by atoms with Gasteiger partial charge in [0.05, 0.1) is 0 Å². The predicted octanol–water partition coefficient (Wildman–Crippen LogP) is 2.31. The number of carbonyl (C=O) groups is 2. The van der Waals surface area contributed by atoms with Gasteiger partial charge in [0.2, 0.25) is 0 Å². The Balaban J connectivity index is 2.11. The van der Waals surface area contributed by atoms with Gasteiger partial charge in [-0.1, -0.05) is 12.1 Å². The van der Waals surface area contributed by atoms with Gasteiger partial charge < -0.3 is 4.74 Å². The minimum Gasteiger partial charge on any atom is -0.457 e. The van der Waals surface area contributed by atoms with Gasteiger partial charge in [0, 0.05) is 12.5 Å². The lowest BCUT2D eigenvalue weighted by molar-refractivity contribution is -0.139. The minimum atomic E-state index is -0.420. The van der Waals surface area contributed by atoms with E-state index >= 15 is 0 Å². The average molecular weight is 232 g/mol. The number of esters is 1. The number of ketones is 1. The number of carbonyl (C=O) groups excluding carboxylic acids is 2. The van der Waals surface area contributed by atoms with Gasteiger partial charge >= 0.3 is 5.97 Å². The second-order valence-corrected chi connectivity index (χ2v) is 4.39. The van der Waals surface area contributed by atoms with E-state index in [0.717, 1.165) is 12.8 Å². The van der Waals surface area contributed by atoms with Crippen molar-refractivity contribution in [2.24, 2.45) is 0 Å². The third kappa shape index (κ3) is 2.93. The molecule has 17 heavy (non-hydrogen) atoms. The highest BCUT2D eigenvalue weighted by molar-refractivity contribution is 5.98. The summed E-state index contributed by atoms with van der Waals surface area (Å²) in [5, 5.41) is 0. The number of Topliss-reactive ketones (excluding diaryl/α,β-unsaturated/α-hetero) is 1. The maximum absolute atomic E-state index is 11.8. The number of hydrogen-bond donors (Lipinski definition) is 0. The fraction of sp³-hybridized carbons (Fsp3) is 0.429. The Labute approximate surface area is 101 Å². The van der Waals surface area contributed by atoms with Crippen LogP contribution in [0.4, 0.5) is 0 Å². The first-order chi connectivity index (χ1) is 8.16. The summed E-state index contributed by atoms with van der Waals surface area (Å²) in [7, 11) is 0. The summed E-state index contributed by atoms with van der Waals surface area (Å²) in [5.74, 6) is -0.551. The fourth-order valence-electron chi connectivity index (χ4n) is 2.16. The molecular weight excluding hydrogens is 216 g/mol. The molecular formula is C14H16O3. The average Bonchev–Trinajstić information content (AvgIpc) is 2.35. The van der Waals surface area contributed by atoms with Crippen LogP contribution in [0.5, 0.6) is 0 Å². The molecule has 0 aliphatic heterocycles. The van der Waals surface area contributed by atoms with Gasteiger partial charge in [-0.05, 0) is 42.9 Å². The van der Waals surface area contributed by atoms with Gasteiger partial charge in [0.1, 0.15) is 0 Å². The van der Waals surface area contributed by atoms with Crippen molar-refractivity contribution in [2.45, 2.75) is 32.6 Å². The number of rotatable bonds is 3. The molecule has 0 heterocycles. The first-order valence-corrected chi connectivity index (χ1v) is 5.95. The van der Waals surface area contributed by atoms with Crippen LogP contribution in [0.3, 0.4) is 0 Å². The maximum atomic E-state index is 11.8. The topological polar surface area (TPSA) is 43.4 Å². The van der Waals surface area contributed by atoms with Gasteiger partial charge in [-0.25, -0.2) is 0 Å². The minimum absolute atomic E-state index is 0.131. The highest BCUT2D eigenvalue weighted by Crippen LogP contribution is 2.22. The summed E-state index contributed by atoms with van der Waals surface area (Å²) >= 11 is 0. The summed E-state index contributed by atoms with van der Waals surface area (Å²) in [6.45, 7) is 1.15. The zero-order valence-corrected chi connectivity index (χ0v) is 9.99. The maximum Gasteiger partial charge on any atom is 0.303 e. The number of fused-ring (bicyclic) bond motifs is 1. The lowest BCUT2D eigenvalue weighted by Gasteiger charge is -2.16. The van der Waals surface area contributed by atoms with E-state index in [-0.39, 0.29) is 12.4 Å². The second kappa shape index (κ2) is 5.13. The molecule has 0 radical (unpaired) electrons. The smallest absolute Gasteiger partial charge is 0.303 e. The Morgan fingerprint density at radius 2 is 1.88 bits per heavy atom. The van der Waals surface area contributed by atoms with Crippen molar-refractivity contribution in [3.63, 3.8) is 0 Å². The predicted molar refractivity (Wildman–Crippen MR) is 64.0 cm³/mol. The van der Waals surface area contributed by atoms with Crippen LogP contribution in [0.1, 0.15) is 41.3 Å². The Morgan fingerprint density at radius 3 is 2.59 bits per heavy atom. The van der Waals surface area contributed by atoms with Gasteiger partial charge in [-0.15, -0.1) is 0 Å². The monoisotopic (exact) mass is 232 g/mol. The Bertz CT molecular complexity index is 449. The molecule has 0 fully saturated rings. The number of ether oxygens (including phenoxy) is 1. The van der Waals surface area contributed by atoms with E-state index in [1.54, 1.807) is 0 Å². The van der Waals surface area contributed by atoms with E-state index in [1.807, 2.05) is 18.2 Å². The molecule has 0 unspecified atom stereocenters. The molecule has 0 amide bonds. The van der Waals surface area contributed by atoms with Crippen LogP contribution in [0.15, 0.2) is 18.2 Å². The van der Waals surface area contributed by atoms with E-state index in [0.29, 0.717) is 5.56 Å². The van der Waals surface area contributed by atoms with Crippen LogP contribution in [0.2, 0.25) is 0 Å². The molecule has 0 aromatic heterocycles. The van der Waals surface area contributed by atoms with Gasteiger partial charge in [-0.3, -0.25) is 9.59 Å². The molecule has 1 aromatic carbocycles. The SMILES string of the molecule is CC(=O)OCC(=O)c1ccc2c(c1)CCCC2. The highest BCUT2D eigenvalue weighted by atomic mass is 16.5. The van der Waals surface area contributed by atoms with Crippen molar-refractivity contribution in [3.05, 3.63) is 34.9 Å². The van der Waals surface area contributed by atoms with Gasteiger partial charge in [-0.2, -0.15) is 0 Å². The lowest BCUT2D eigenvalue weighted by Crippen LogP contribution is -2.13. The van der Waals surface area contributed by atoms with Crippen LogP contribution < -0.4 is 0 Å². The van der Waals surface area contributed by atoms with Crippen LogP contribution in [-0.2, 0) is 22.4 Å². The van der Waals surface area contributed by atoms with Crippen molar-refractivity contribution in [2.75, 3.05) is 6.61 Å². The molecule has 90 valence electrons. The fourth-order valence-corrected chi connectivity index (χ4v) is 2.16. The standard InChI is InChI=1S/C14H16O3/c1-10(15)17-9-14(16)13-7-6-11-4-2-3-5-12(11)8-13/h6-8H,2-5,9H2,1H3. The molecule has 0 bridgehead atoms. The molecule has 3 nitrogen and oxygen atoms in total. The molecule has 1 aliphatic carbocycles. The van der Waals surface area contributed by atoms with E-state index in [2.05, 4.69) is 0 Å². The summed E-state index contributed by atoms with van der Waals surface area (Å²) in [6, 6.07) is 5.80. The second-order valence-electron chi connectivity index (χ2n) is 4.39. The first kappa shape index (κ1) is 11.8. The normalized spacial score (nSPS) is 13.9. The van der Waals surface area contributed by atoms with E-state index < -0.39 is 5.97 Å². The molecule has 0 spiro atoms. The largest absolute Gasteiger partial charge is 0.457 e. The molecule has 0 atom stereocenters. The van der Waals surface area contributed by atoms with Crippen molar-refractivity contribution < 1.29 is 14.3 Å². The van der Waals surface area contributed by atoms with Crippen molar-refractivity contribution >= 4 is 11.8 Å². The quantitative estimate of drug-likeness (QED) is 0.593. The first-order valence-electron chi connectivity index (χ1n) is 5.95. The van der Waals surface area contributed by atoms with Crippen molar-refractivity contribution in [1.82, 2.24) is 0 Å². The van der Waals surface area contributed by atoms with Crippen LogP contribution in [0, 0.1) is 0 Å². The number of benzene rings is 1. The lowest BCUT2D eigenvalue weighted by atomic mass is 9.90. The van der Waals surface area contributed by atoms with Gasteiger partial charge in [0.15, 0.2) is 12.4 Å². The summed E-state index contributed by atoms with van der Waals surface area (Å²) in [6.07, 6.45) is 4.57. The van der Waals surface area contributed by atoms with Crippen molar-refractivity contribution in [3.8, 4) is 0 Å². The zero-order valence-electron chi connectivity index (χ0n) is 9.99. The van der Waals surface area contributed by atoms with E-state index in [1.165, 1.54) is 30.9 Å². The summed E-state index contributed by atoms with van der Waals surface area (Å²) < 4.78 is 4.71. The van der Waals surface area contributed by atoms with Gasteiger partial charge in [0.25, 0.3) is 0 Å².